The summed E-state index contributed by atoms with van der Waals surface area (Å²) in [6.45, 7) is 3.48. The molecule has 1 atom stereocenters. The summed E-state index contributed by atoms with van der Waals surface area (Å²) in [6, 6.07) is 13.8. The molecule has 4 nitrogen and oxygen atoms in total. The van der Waals surface area contributed by atoms with E-state index in [2.05, 4.69) is 6.92 Å². The molecule has 0 bridgehead atoms. The van der Waals surface area contributed by atoms with Crippen molar-refractivity contribution in [2.24, 2.45) is 5.73 Å². The zero-order valence-electron chi connectivity index (χ0n) is 17.4. The second-order valence-electron chi connectivity index (χ2n) is 8.10. The van der Waals surface area contributed by atoms with E-state index in [4.69, 9.17) is 10.5 Å². The van der Waals surface area contributed by atoms with Crippen LogP contribution < -0.4 is 10.5 Å². The molecule has 1 unspecified atom stereocenters. The maximum Gasteiger partial charge on any atom is 0.239 e. The Morgan fingerprint density at radius 2 is 1.79 bits per heavy atom. The van der Waals surface area contributed by atoms with E-state index in [-0.39, 0.29) is 17.1 Å². The van der Waals surface area contributed by atoms with Gasteiger partial charge in [0.1, 0.15) is 11.6 Å². The van der Waals surface area contributed by atoms with Crippen LogP contribution in [0.1, 0.15) is 43.7 Å². The van der Waals surface area contributed by atoms with Crippen LogP contribution in [0, 0.1) is 5.82 Å². The summed E-state index contributed by atoms with van der Waals surface area (Å²) in [4.78, 5) is 14.7. The topological polar surface area (TPSA) is 55.6 Å². The minimum absolute atomic E-state index is 0.0194. The lowest BCUT2D eigenvalue weighted by Crippen LogP contribution is -2.64. The van der Waals surface area contributed by atoms with Crippen LogP contribution in [0.15, 0.2) is 48.5 Å². The lowest BCUT2D eigenvalue weighted by Gasteiger charge is -2.51. The minimum atomic E-state index is -0.565. The number of ether oxygens (including phenoxy) is 1. The third-order valence-corrected chi connectivity index (χ3v) is 5.95. The van der Waals surface area contributed by atoms with Gasteiger partial charge in [-0.2, -0.15) is 0 Å². The van der Waals surface area contributed by atoms with Crippen LogP contribution in [-0.4, -0.2) is 37.0 Å². The maximum atomic E-state index is 13.4. The van der Waals surface area contributed by atoms with Crippen molar-refractivity contribution in [3.63, 3.8) is 0 Å². The smallest absolute Gasteiger partial charge is 0.239 e. The lowest BCUT2D eigenvalue weighted by molar-refractivity contribution is -0.140. The zero-order valence-corrected chi connectivity index (χ0v) is 17.4. The Morgan fingerprint density at radius 3 is 2.38 bits per heavy atom. The Bertz CT molecular complexity index is 799. The normalized spacial score (nSPS) is 16.2. The van der Waals surface area contributed by atoms with Gasteiger partial charge in [-0.1, -0.05) is 50.5 Å². The molecule has 1 heterocycles. The summed E-state index contributed by atoms with van der Waals surface area (Å²) in [5, 5.41) is 0. The fraction of sp³-hybridized carbons (Fsp3) is 0.458. The van der Waals surface area contributed by atoms with E-state index < -0.39 is 6.04 Å². The number of amides is 1. The number of carbonyl (C=O) groups excluding carboxylic acids is 1. The second kappa shape index (κ2) is 9.40. The molecule has 1 amide bonds. The first kappa shape index (κ1) is 21.3. The quantitative estimate of drug-likeness (QED) is 0.648. The van der Waals surface area contributed by atoms with Gasteiger partial charge in [0.15, 0.2) is 0 Å². The first-order valence-corrected chi connectivity index (χ1v) is 10.4. The van der Waals surface area contributed by atoms with Gasteiger partial charge >= 0.3 is 0 Å². The first-order chi connectivity index (χ1) is 14.0. The molecule has 0 radical (unpaired) electrons. The Morgan fingerprint density at radius 1 is 1.14 bits per heavy atom. The number of methoxy groups -OCH3 is 1. The maximum absolute atomic E-state index is 13.4. The van der Waals surface area contributed by atoms with Crippen LogP contribution in [0.3, 0.4) is 0 Å². The van der Waals surface area contributed by atoms with E-state index in [1.807, 2.05) is 41.3 Å². The number of unbranched alkanes of at least 4 members (excludes halogenated alkanes) is 2. The van der Waals surface area contributed by atoms with Crippen LogP contribution in [0.4, 0.5) is 4.39 Å². The van der Waals surface area contributed by atoms with Gasteiger partial charge in [-0.05, 0) is 48.2 Å². The first-order valence-electron chi connectivity index (χ1n) is 10.4. The average molecular weight is 399 g/mol. The Balaban J connectivity index is 1.63. The van der Waals surface area contributed by atoms with E-state index in [0.717, 1.165) is 42.6 Å². The van der Waals surface area contributed by atoms with Gasteiger partial charge in [-0.15, -0.1) is 0 Å². The molecule has 5 heteroatoms. The van der Waals surface area contributed by atoms with Gasteiger partial charge in [0.05, 0.1) is 13.2 Å². The van der Waals surface area contributed by atoms with Gasteiger partial charge < -0.3 is 15.4 Å². The highest BCUT2D eigenvalue weighted by Crippen LogP contribution is 2.39. The summed E-state index contributed by atoms with van der Waals surface area (Å²) in [7, 11) is 1.63. The Kier molecular flexibility index (Phi) is 6.91. The van der Waals surface area contributed by atoms with Crippen LogP contribution in [0.5, 0.6) is 5.75 Å². The SMILES string of the molecule is CCCCCC1(c2ccc(F)cc2)CN(C(=O)C(N)Cc2ccc(OC)cc2)C1. The second-order valence-corrected chi connectivity index (χ2v) is 8.10. The standard InChI is InChI=1S/C24H31FN2O2/c1-3-4-5-14-24(19-8-10-20(25)11-9-19)16-27(17-24)23(28)22(26)15-18-6-12-21(29-2)13-7-18/h6-13,22H,3-5,14-17,26H2,1-2H3. The van der Waals surface area contributed by atoms with Crippen LogP contribution in [0.2, 0.25) is 0 Å². The molecular formula is C24H31FN2O2. The number of rotatable bonds is 9. The van der Waals surface area contributed by atoms with E-state index in [9.17, 15) is 9.18 Å². The molecule has 29 heavy (non-hydrogen) atoms. The molecule has 0 aromatic heterocycles. The lowest BCUT2D eigenvalue weighted by atomic mass is 9.70. The Labute approximate surface area is 172 Å². The molecule has 2 N–H and O–H groups in total. The van der Waals surface area contributed by atoms with Crippen molar-refractivity contribution in [3.8, 4) is 5.75 Å². The molecule has 0 spiro atoms. The van der Waals surface area contributed by atoms with Gasteiger partial charge in [0.25, 0.3) is 0 Å². The number of hydrogen-bond acceptors (Lipinski definition) is 3. The molecule has 1 aliphatic heterocycles. The van der Waals surface area contributed by atoms with Crippen molar-refractivity contribution in [2.45, 2.75) is 50.5 Å². The summed E-state index contributed by atoms with van der Waals surface area (Å²) >= 11 is 0. The number of likely N-dealkylation sites (tertiary alicyclic amines) is 1. The summed E-state index contributed by atoms with van der Waals surface area (Å²) < 4.78 is 18.5. The van der Waals surface area contributed by atoms with Crippen molar-refractivity contribution >= 4 is 5.91 Å². The fourth-order valence-corrected chi connectivity index (χ4v) is 4.18. The van der Waals surface area contributed by atoms with Gasteiger partial charge in [0.2, 0.25) is 5.91 Å². The van der Waals surface area contributed by atoms with E-state index in [0.29, 0.717) is 19.5 Å². The highest BCUT2D eigenvalue weighted by atomic mass is 19.1. The zero-order chi connectivity index (χ0) is 20.9. The number of carbonyl (C=O) groups is 1. The molecule has 1 fully saturated rings. The molecule has 1 aliphatic rings. The summed E-state index contributed by atoms with van der Waals surface area (Å²) in [5.41, 5.74) is 8.27. The van der Waals surface area contributed by atoms with Crippen LogP contribution in [0.25, 0.3) is 0 Å². The molecule has 0 saturated carbocycles. The van der Waals surface area contributed by atoms with Crippen molar-refractivity contribution in [3.05, 3.63) is 65.5 Å². The van der Waals surface area contributed by atoms with Crippen molar-refractivity contribution in [1.82, 2.24) is 4.90 Å². The van der Waals surface area contributed by atoms with Gasteiger partial charge in [-0.25, -0.2) is 4.39 Å². The van der Waals surface area contributed by atoms with E-state index in [1.165, 1.54) is 12.1 Å². The number of halogens is 1. The molecule has 2 aromatic carbocycles. The summed E-state index contributed by atoms with van der Waals surface area (Å²) in [6.07, 6.45) is 4.92. The highest BCUT2D eigenvalue weighted by Gasteiger charge is 2.46. The average Bonchev–Trinajstić information content (AvgIpc) is 2.70. The van der Waals surface area contributed by atoms with Crippen LogP contribution in [-0.2, 0) is 16.6 Å². The van der Waals surface area contributed by atoms with Gasteiger partial charge in [0, 0.05) is 18.5 Å². The minimum Gasteiger partial charge on any atom is -0.497 e. The molecule has 1 saturated heterocycles. The van der Waals surface area contributed by atoms with Crippen molar-refractivity contribution in [1.29, 1.82) is 0 Å². The number of benzene rings is 2. The Hall–Kier alpha value is -2.40. The van der Waals surface area contributed by atoms with E-state index >= 15 is 0 Å². The molecular weight excluding hydrogens is 367 g/mol. The predicted octanol–water partition coefficient (Wildman–Crippen LogP) is 4.06. The third kappa shape index (κ3) is 4.96. The summed E-state index contributed by atoms with van der Waals surface area (Å²) in [5.74, 6) is 0.535. The van der Waals surface area contributed by atoms with Crippen molar-refractivity contribution < 1.29 is 13.9 Å². The molecule has 156 valence electrons. The number of nitrogens with zero attached hydrogens (tertiary/aromatic N) is 1. The third-order valence-electron chi connectivity index (χ3n) is 5.95. The molecule has 0 aliphatic carbocycles. The number of hydrogen-bond donors (Lipinski definition) is 1. The number of nitrogens with two attached hydrogens (primary N) is 1. The monoisotopic (exact) mass is 398 g/mol. The molecule has 3 rings (SSSR count). The highest BCUT2D eigenvalue weighted by molar-refractivity contribution is 5.83. The fourth-order valence-electron chi connectivity index (χ4n) is 4.18. The van der Waals surface area contributed by atoms with E-state index in [1.54, 1.807) is 7.11 Å². The van der Waals surface area contributed by atoms with Crippen LogP contribution >= 0.6 is 0 Å². The molecule has 2 aromatic rings. The predicted molar refractivity (Wildman–Crippen MR) is 113 cm³/mol. The van der Waals surface area contributed by atoms with Crippen molar-refractivity contribution in [2.75, 3.05) is 20.2 Å². The largest absolute Gasteiger partial charge is 0.497 e. The van der Waals surface area contributed by atoms with Gasteiger partial charge in [-0.3, -0.25) is 4.79 Å².